The topological polar surface area (TPSA) is 182 Å². The summed E-state index contributed by atoms with van der Waals surface area (Å²) in [5, 5.41) is 10.2. The van der Waals surface area contributed by atoms with Crippen LogP contribution in [0.25, 0.3) is 16.6 Å². The number of aromatic nitrogens is 3. The van der Waals surface area contributed by atoms with E-state index in [9.17, 15) is 23.2 Å². The molecule has 15 nitrogen and oxygen atoms in total. The van der Waals surface area contributed by atoms with Crippen molar-refractivity contribution in [1.82, 2.24) is 30.1 Å². The van der Waals surface area contributed by atoms with Gasteiger partial charge in [-0.25, -0.2) is 18.3 Å². The fourth-order valence-electron chi connectivity index (χ4n) is 9.79. The highest BCUT2D eigenvalue weighted by Gasteiger charge is 2.40. The third-order valence-electron chi connectivity index (χ3n) is 13.1. The Bertz CT molecular complexity index is 2330. The molecule has 2 bridgehead atoms. The van der Waals surface area contributed by atoms with Crippen molar-refractivity contribution in [2.75, 3.05) is 37.7 Å². The molecule has 61 heavy (non-hydrogen) atoms. The number of fused-ring (bicyclic) bond motifs is 4. The summed E-state index contributed by atoms with van der Waals surface area (Å²) in [6.07, 6.45) is 11.4. The van der Waals surface area contributed by atoms with E-state index < -0.39 is 23.9 Å². The summed E-state index contributed by atoms with van der Waals surface area (Å²) >= 11 is 0. The molecule has 5 fully saturated rings. The summed E-state index contributed by atoms with van der Waals surface area (Å²) in [5.41, 5.74) is 7.96. The fourth-order valence-corrected chi connectivity index (χ4v) is 9.79. The lowest BCUT2D eigenvalue weighted by molar-refractivity contribution is -0.134. The number of morpholine rings is 1. The van der Waals surface area contributed by atoms with E-state index in [4.69, 9.17) is 24.6 Å². The normalized spacial score (nSPS) is 26.2. The molecular formula is C44H53F2N9O6. The first-order valence-corrected chi connectivity index (χ1v) is 21.6. The Morgan fingerprint density at radius 1 is 1.13 bits per heavy atom. The first-order chi connectivity index (χ1) is 29.5. The lowest BCUT2D eigenvalue weighted by atomic mass is 9.85. The Morgan fingerprint density at radius 2 is 1.95 bits per heavy atom. The lowest BCUT2D eigenvalue weighted by Crippen LogP contribution is -2.41. The molecule has 4 unspecified atom stereocenters. The van der Waals surface area contributed by atoms with E-state index in [0.717, 1.165) is 99.6 Å². The monoisotopic (exact) mass is 841 g/mol. The number of nitrogens with two attached hydrogens (primary N) is 1. The Kier molecular flexibility index (Phi) is 11.9. The molecule has 1 aromatic carbocycles. The second-order valence-corrected chi connectivity index (χ2v) is 17.4. The number of rotatable bonds is 13. The highest BCUT2D eigenvalue weighted by Crippen LogP contribution is 2.35. The number of ether oxygens (including phenoxy) is 2. The Balaban J connectivity index is 0.730. The zero-order chi connectivity index (χ0) is 42.2. The number of halogens is 2. The van der Waals surface area contributed by atoms with E-state index in [2.05, 4.69) is 43.5 Å². The maximum absolute atomic E-state index is 13.9. The number of aliphatic imine (C=N–C) groups is 1. The molecule has 7 heterocycles. The summed E-state index contributed by atoms with van der Waals surface area (Å²) < 4.78 is 47.3. The molecule has 4 saturated heterocycles. The molecule has 0 radical (unpaired) electrons. The summed E-state index contributed by atoms with van der Waals surface area (Å²) in [6.45, 7) is 6.39. The van der Waals surface area contributed by atoms with Crippen LogP contribution in [0.3, 0.4) is 0 Å². The highest BCUT2D eigenvalue weighted by atomic mass is 19.3. The molecule has 1 saturated carbocycles. The number of anilines is 1. The van der Waals surface area contributed by atoms with Crippen LogP contribution in [-0.2, 0) is 25.5 Å². The number of allylic oxidation sites excluding steroid dienone is 2. The molecule has 9 rings (SSSR count). The van der Waals surface area contributed by atoms with E-state index in [1.54, 1.807) is 12.5 Å². The Hall–Kier alpha value is -5.26. The zero-order valence-corrected chi connectivity index (χ0v) is 34.3. The first kappa shape index (κ1) is 41.1. The fraction of sp³-hybridized carbons (Fsp3) is 0.545. The van der Waals surface area contributed by atoms with Gasteiger partial charge in [0.1, 0.15) is 22.7 Å². The maximum atomic E-state index is 13.9. The van der Waals surface area contributed by atoms with Crippen molar-refractivity contribution in [2.24, 2.45) is 16.6 Å². The molecular weight excluding hydrogens is 789 g/mol. The summed E-state index contributed by atoms with van der Waals surface area (Å²) in [6, 6.07) is 8.08. The van der Waals surface area contributed by atoms with Crippen LogP contribution in [0, 0.1) is 5.92 Å². The van der Waals surface area contributed by atoms with Gasteiger partial charge in [0.15, 0.2) is 5.65 Å². The standard InChI is InChI=1S/C44H53F2N9O6/c1-25(16-27-4-8-37-33(17-27)35(24-60-37)32-7-9-39(56)52-43(32)57)61-30-10-13-53(14-11-30)21-26-2-5-28(6-3-26)48-20-36(40(47)41(45)46)50-44(58)34-19-49-55-15-12-38(51-42(34)55)54-22-31-18-29(54)23-59-31/h4,8,12,15,17,19-20,24-26,28-32,41H,2-3,5-7,9-11,13-14,16,18,21-23,47H2,1H3,(H,50,58)(H,52,56,57). The van der Waals surface area contributed by atoms with Gasteiger partial charge >= 0.3 is 0 Å². The van der Waals surface area contributed by atoms with Gasteiger partial charge in [0.25, 0.3) is 12.3 Å². The van der Waals surface area contributed by atoms with Gasteiger partial charge in [-0.1, -0.05) is 6.07 Å². The minimum atomic E-state index is -2.98. The van der Waals surface area contributed by atoms with Gasteiger partial charge in [-0.2, -0.15) is 5.10 Å². The Labute approximate surface area is 352 Å². The number of carbonyl (C=O) groups is 3. The number of piperidine rings is 2. The van der Waals surface area contributed by atoms with E-state index in [-0.39, 0.29) is 53.5 Å². The van der Waals surface area contributed by atoms with E-state index in [1.165, 1.54) is 16.9 Å². The summed E-state index contributed by atoms with van der Waals surface area (Å²) in [5.74, 6) is -0.320. The van der Waals surface area contributed by atoms with Crippen LogP contribution >= 0.6 is 0 Å². The Morgan fingerprint density at radius 3 is 2.69 bits per heavy atom. The molecule has 0 spiro atoms. The molecule has 5 aliphatic rings. The summed E-state index contributed by atoms with van der Waals surface area (Å²) in [4.78, 5) is 51.7. The summed E-state index contributed by atoms with van der Waals surface area (Å²) in [7, 11) is 0. The number of hydrogen-bond donors (Lipinski definition) is 3. The molecule has 1 aliphatic carbocycles. The van der Waals surface area contributed by atoms with Crippen molar-refractivity contribution in [1.29, 1.82) is 0 Å². The van der Waals surface area contributed by atoms with Gasteiger partial charge < -0.3 is 34.7 Å². The van der Waals surface area contributed by atoms with E-state index in [1.807, 2.05) is 18.2 Å². The number of hydrogen-bond acceptors (Lipinski definition) is 12. The van der Waals surface area contributed by atoms with Crippen LogP contribution in [0.2, 0.25) is 0 Å². The lowest BCUT2D eigenvalue weighted by Gasteiger charge is -2.36. The van der Waals surface area contributed by atoms with Crippen molar-refractivity contribution in [3.05, 3.63) is 71.0 Å². The number of likely N-dealkylation sites (tertiary alicyclic amines) is 1. The number of imide groups is 1. The minimum absolute atomic E-state index is 0.0118. The zero-order valence-electron chi connectivity index (χ0n) is 34.3. The van der Waals surface area contributed by atoms with Gasteiger partial charge in [0, 0.05) is 56.0 Å². The SMILES string of the molecule is CC(Cc1ccc2occ(C3CCC(=O)NC3=O)c2c1)OC1CCN(CC2CCC(N=CC(NC(=O)c3cnn4ccc(N5CC6CC5CO6)nc34)=C(N)C(F)F)CC2)CC1. The number of nitrogens with one attached hydrogen (secondary N) is 2. The van der Waals surface area contributed by atoms with Crippen LogP contribution in [0.1, 0.15) is 92.1 Å². The van der Waals surface area contributed by atoms with Crippen molar-refractivity contribution >= 4 is 46.4 Å². The molecule has 4 N–H and O–H groups in total. The van der Waals surface area contributed by atoms with Crippen LogP contribution < -0.4 is 21.3 Å². The largest absolute Gasteiger partial charge is 0.464 e. The molecule has 3 aromatic heterocycles. The predicted octanol–water partition coefficient (Wildman–Crippen LogP) is 4.88. The van der Waals surface area contributed by atoms with Crippen LogP contribution in [-0.4, -0.2) is 113 Å². The minimum Gasteiger partial charge on any atom is -0.464 e. The third kappa shape index (κ3) is 9.05. The molecule has 4 aromatic rings. The van der Waals surface area contributed by atoms with E-state index >= 15 is 0 Å². The van der Waals surface area contributed by atoms with Gasteiger partial charge in [0.05, 0.1) is 61.1 Å². The van der Waals surface area contributed by atoms with Crippen LogP contribution in [0.15, 0.2) is 63.7 Å². The van der Waals surface area contributed by atoms with Crippen LogP contribution in [0.5, 0.6) is 0 Å². The number of amides is 3. The van der Waals surface area contributed by atoms with Gasteiger partial charge in [-0.05, 0) is 94.4 Å². The van der Waals surface area contributed by atoms with Crippen molar-refractivity contribution < 1.29 is 37.1 Å². The number of carbonyl (C=O) groups excluding carboxylic acids is 3. The second kappa shape index (κ2) is 17.6. The predicted molar refractivity (Wildman–Crippen MR) is 222 cm³/mol. The number of alkyl halides is 2. The quantitative estimate of drug-likeness (QED) is 0.123. The van der Waals surface area contributed by atoms with Crippen molar-refractivity contribution in [2.45, 2.75) is 114 Å². The van der Waals surface area contributed by atoms with Crippen LogP contribution in [0.4, 0.5) is 14.6 Å². The molecule has 324 valence electrons. The number of benzene rings is 1. The van der Waals surface area contributed by atoms with Crippen molar-refractivity contribution in [3.63, 3.8) is 0 Å². The van der Waals surface area contributed by atoms with Gasteiger partial charge in [0.2, 0.25) is 11.8 Å². The van der Waals surface area contributed by atoms with Gasteiger partial charge in [-0.3, -0.25) is 24.7 Å². The number of furan rings is 1. The molecule has 17 heteroatoms. The highest BCUT2D eigenvalue weighted by molar-refractivity contribution is 6.04. The maximum Gasteiger partial charge on any atom is 0.279 e. The number of nitrogens with zero attached hydrogens (tertiary/aromatic N) is 6. The first-order valence-electron chi connectivity index (χ1n) is 21.6. The average Bonchev–Trinajstić information content (AvgIpc) is 4.08. The molecule has 4 aliphatic heterocycles. The van der Waals surface area contributed by atoms with E-state index in [0.29, 0.717) is 36.8 Å². The smallest absolute Gasteiger partial charge is 0.279 e. The molecule has 3 amide bonds. The second-order valence-electron chi connectivity index (χ2n) is 17.4. The van der Waals surface area contributed by atoms with Crippen molar-refractivity contribution in [3.8, 4) is 0 Å². The third-order valence-corrected chi connectivity index (χ3v) is 13.1. The average molecular weight is 842 g/mol. The van der Waals surface area contributed by atoms with Gasteiger partial charge in [-0.15, -0.1) is 0 Å². The molecule has 4 atom stereocenters.